The van der Waals surface area contributed by atoms with Crippen LogP contribution in [0.3, 0.4) is 0 Å². The highest BCUT2D eigenvalue weighted by atomic mass is 16.7. The predicted octanol–water partition coefficient (Wildman–Crippen LogP) is 14.0. The fourth-order valence-corrected chi connectivity index (χ4v) is 11.9. The Bertz CT molecular complexity index is 2560. The van der Waals surface area contributed by atoms with Crippen LogP contribution in [0.15, 0.2) is 133 Å². The molecule has 1 fully saturated rings. The minimum atomic E-state index is -1.35. The Kier molecular flexibility index (Phi) is 18.2. The van der Waals surface area contributed by atoms with Crippen molar-refractivity contribution in [3.63, 3.8) is 0 Å². The van der Waals surface area contributed by atoms with Crippen LogP contribution in [-0.4, -0.2) is 65.5 Å². The molecule has 1 heterocycles. The number of carbonyl (C=O) groups excluding carboxylic acids is 1. The van der Waals surface area contributed by atoms with Crippen molar-refractivity contribution in [3.05, 3.63) is 139 Å². The van der Waals surface area contributed by atoms with Crippen LogP contribution in [0.4, 0.5) is 0 Å². The molecule has 0 spiro atoms. The van der Waals surface area contributed by atoms with Crippen LogP contribution in [0.1, 0.15) is 133 Å². The van der Waals surface area contributed by atoms with E-state index in [4.69, 9.17) is 24.2 Å². The Balaban J connectivity index is 1.26. The number of aliphatic hydroxyl groups excluding tert-OH is 2. The molecule has 0 unspecified atom stereocenters. The van der Waals surface area contributed by atoms with Crippen molar-refractivity contribution in [2.45, 2.75) is 140 Å². The second kappa shape index (κ2) is 25.1. The number of unbranched alkanes of at least 4 members (excludes halogenated alkanes) is 10. The molecule has 70 heavy (non-hydrogen) atoms. The second-order valence-electron chi connectivity index (χ2n) is 19.8. The van der Waals surface area contributed by atoms with E-state index in [-0.39, 0.29) is 43.5 Å². The predicted molar refractivity (Wildman–Crippen MR) is 282 cm³/mol. The molecule has 0 radical (unpaired) electrons. The van der Waals surface area contributed by atoms with Crippen LogP contribution in [0.25, 0.3) is 21.5 Å². The summed E-state index contributed by atoms with van der Waals surface area (Å²) < 4.78 is 21.6. The number of rotatable bonds is 27. The number of nitrogens with zero attached hydrogens (tertiary/aromatic N) is 2. The van der Waals surface area contributed by atoms with Gasteiger partial charge in [-0.25, -0.2) is 0 Å². The molecule has 3 aliphatic rings. The molecule has 2 aliphatic carbocycles. The molecular weight excluding hydrogens is 873 g/mol. The molecule has 5 aromatic rings. The van der Waals surface area contributed by atoms with E-state index in [1.807, 2.05) is 30.3 Å². The van der Waals surface area contributed by atoms with Gasteiger partial charge in [-0.2, -0.15) is 0 Å². The minimum absolute atomic E-state index is 0.0638. The van der Waals surface area contributed by atoms with Gasteiger partial charge in [0.25, 0.3) is 0 Å². The average molecular weight is 949 g/mol. The third kappa shape index (κ3) is 11.6. The third-order valence-electron chi connectivity index (χ3n) is 15.2. The first-order valence-corrected chi connectivity index (χ1v) is 26.5. The third-order valence-corrected chi connectivity index (χ3v) is 15.2. The Labute approximate surface area is 416 Å². The molecule has 1 amide bonds. The molecule has 1 saturated carbocycles. The number of ether oxygens (including phenoxy) is 3. The maximum absolute atomic E-state index is 15.4. The van der Waals surface area contributed by atoms with Gasteiger partial charge in [0.2, 0.25) is 11.7 Å². The van der Waals surface area contributed by atoms with Crippen molar-refractivity contribution in [1.82, 2.24) is 4.90 Å². The quantitative estimate of drug-likeness (QED) is 0.0306. The first kappa shape index (κ1) is 50.9. The van der Waals surface area contributed by atoms with Crippen molar-refractivity contribution >= 4 is 33.2 Å². The van der Waals surface area contributed by atoms with Crippen LogP contribution in [0.2, 0.25) is 0 Å². The summed E-state index contributed by atoms with van der Waals surface area (Å²) in [5.74, 6) is 0.494. The van der Waals surface area contributed by atoms with Gasteiger partial charge in [-0.05, 0) is 107 Å². The number of hydrogen-bond acceptors (Lipinski definition) is 8. The fraction of sp³-hybridized carbons (Fsp3) is 0.475. The van der Waals surface area contributed by atoms with Gasteiger partial charge in [-0.1, -0.05) is 161 Å². The number of hydrogen-bond donors (Lipinski definition) is 2. The van der Waals surface area contributed by atoms with Crippen molar-refractivity contribution in [2.75, 3.05) is 26.9 Å². The molecule has 0 bridgehead atoms. The summed E-state index contributed by atoms with van der Waals surface area (Å²) in [6.45, 7) is 7.20. The number of amides is 1. The first-order chi connectivity index (χ1) is 34.4. The average Bonchev–Trinajstić information content (AvgIpc) is 3.38. The number of fused-ring (bicyclic) bond motifs is 4. The number of oxime groups is 1. The van der Waals surface area contributed by atoms with E-state index in [1.165, 1.54) is 38.5 Å². The Morgan fingerprint density at radius 1 is 0.786 bits per heavy atom. The summed E-state index contributed by atoms with van der Waals surface area (Å²) in [4.78, 5) is 23.2. The first-order valence-electron chi connectivity index (χ1n) is 26.5. The number of aliphatic hydroxyl groups is 2. The standard InChI is InChI=1S/C61H76N2O7/c1-4-6-7-8-9-10-11-12-13-31-58(66)63(43-48-28-22-27-45-24-16-17-29-51(45)48)57-42-55(62-67-3)53-40-47(26-18-20-36-64)52(30-19-21-37-65)59-54-41-50(69-49-33-32-44-23-14-15-25-46(44)39-49)34-35-56(54)70-61(57,60(53)59)68-38-5-2/h5,14-17,22-25,27-29,32-35,39-41,47,52,57,59-60,64-65H,2,4,6-13,18-21,26,30-31,36-38,42-43H2,1,3H3/t47-,52+,57-,59+,60+,61+/m0/s1. The number of carbonyl (C=O) groups is 1. The number of benzene rings is 5. The van der Waals surface area contributed by atoms with Crippen LogP contribution in [0, 0.1) is 17.8 Å². The minimum Gasteiger partial charge on any atom is -0.459 e. The second-order valence-corrected chi connectivity index (χ2v) is 19.8. The van der Waals surface area contributed by atoms with Crippen LogP contribution < -0.4 is 9.47 Å². The topological polar surface area (TPSA) is 110 Å². The highest BCUT2D eigenvalue weighted by molar-refractivity contribution is 6.03. The van der Waals surface area contributed by atoms with Crippen molar-refractivity contribution in [3.8, 4) is 17.2 Å². The van der Waals surface area contributed by atoms with Crippen LogP contribution >= 0.6 is 0 Å². The lowest BCUT2D eigenvalue weighted by molar-refractivity contribution is -0.258. The molecular formula is C61H76N2O7. The highest BCUT2D eigenvalue weighted by Crippen LogP contribution is 2.62. The summed E-state index contributed by atoms with van der Waals surface area (Å²) >= 11 is 0. The molecule has 1 aliphatic heterocycles. The molecule has 0 saturated heterocycles. The maximum Gasteiger partial charge on any atom is 0.239 e. The van der Waals surface area contributed by atoms with Gasteiger partial charge in [-0.15, -0.1) is 6.58 Å². The maximum atomic E-state index is 15.4. The molecule has 8 rings (SSSR count). The zero-order valence-corrected chi connectivity index (χ0v) is 41.7. The monoisotopic (exact) mass is 949 g/mol. The molecule has 5 aromatic carbocycles. The zero-order valence-electron chi connectivity index (χ0n) is 41.7. The van der Waals surface area contributed by atoms with E-state index in [0.717, 1.165) is 94.7 Å². The lowest BCUT2D eigenvalue weighted by Gasteiger charge is -2.60. The van der Waals surface area contributed by atoms with Crippen molar-refractivity contribution < 1.29 is 34.1 Å². The largest absolute Gasteiger partial charge is 0.459 e. The molecule has 6 atom stereocenters. The van der Waals surface area contributed by atoms with Gasteiger partial charge < -0.3 is 34.2 Å². The normalized spacial score (nSPS) is 22.0. The summed E-state index contributed by atoms with van der Waals surface area (Å²) in [5.41, 5.74) is 3.88. The summed E-state index contributed by atoms with van der Waals surface area (Å²) in [6.07, 6.45) is 20.2. The lowest BCUT2D eigenvalue weighted by atomic mass is 9.55. The van der Waals surface area contributed by atoms with Gasteiger partial charge in [0, 0.05) is 44.1 Å². The smallest absolute Gasteiger partial charge is 0.239 e. The highest BCUT2D eigenvalue weighted by Gasteiger charge is 2.65. The van der Waals surface area contributed by atoms with E-state index in [0.29, 0.717) is 43.7 Å². The molecule has 9 nitrogen and oxygen atoms in total. The lowest BCUT2D eigenvalue weighted by Crippen LogP contribution is -2.70. The Morgan fingerprint density at radius 3 is 2.23 bits per heavy atom. The molecule has 372 valence electrons. The number of allylic oxidation sites excluding steroid dienone is 1. The summed E-state index contributed by atoms with van der Waals surface area (Å²) in [5, 5.41) is 29.4. The van der Waals surface area contributed by atoms with E-state index in [1.54, 1.807) is 13.2 Å². The van der Waals surface area contributed by atoms with Crippen LogP contribution in [0.5, 0.6) is 17.2 Å². The van der Waals surface area contributed by atoms with Crippen molar-refractivity contribution in [2.24, 2.45) is 22.9 Å². The fourth-order valence-electron chi connectivity index (χ4n) is 11.9. The SMILES string of the molecule is C=CCO[C@@]12Oc3ccc(Oc4ccc5ccccc5c4)cc3[C@H]3[C@H](CCCCO)[C@@H](CCCCO)C=C(C(=NOC)C[C@@H]1N(Cc1cccc4ccccc14)C(=O)CCCCCCCCCCC)[C@H]32. The molecule has 2 N–H and O–H groups in total. The summed E-state index contributed by atoms with van der Waals surface area (Å²) in [6, 6.07) is 34.8. The molecule has 9 heteroatoms. The van der Waals surface area contributed by atoms with E-state index in [2.05, 4.69) is 97.3 Å². The van der Waals surface area contributed by atoms with Gasteiger partial charge >= 0.3 is 0 Å². The summed E-state index contributed by atoms with van der Waals surface area (Å²) in [7, 11) is 1.60. The van der Waals surface area contributed by atoms with E-state index < -0.39 is 17.7 Å². The van der Waals surface area contributed by atoms with Gasteiger partial charge in [-0.3, -0.25) is 4.79 Å². The van der Waals surface area contributed by atoms with Crippen molar-refractivity contribution in [1.29, 1.82) is 0 Å². The Morgan fingerprint density at radius 2 is 1.47 bits per heavy atom. The Hall–Kier alpha value is -5.48. The van der Waals surface area contributed by atoms with Gasteiger partial charge in [0.1, 0.15) is 30.4 Å². The van der Waals surface area contributed by atoms with Gasteiger partial charge in [0.05, 0.1) is 18.2 Å². The zero-order chi connectivity index (χ0) is 48.7. The van der Waals surface area contributed by atoms with E-state index >= 15 is 4.79 Å². The van der Waals surface area contributed by atoms with E-state index in [9.17, 15) is 10.2 Å². The molecule has 0 aromatic heterocycles. The van der Waals surface area contributed by atoms with Crippen LogP contribution in [-0.2, 0) is 20.9 Å². The van der Waals surface area contributed by atoms with Gasteiger partial charge in [0.15, 0.2) is 0 Å².